The highest BCUT2D eigenvalue weighted by Gasteiger charge is 2.07. The number of aliphatic hydroxyl groups excluding tert-OH is 1. The van der Waals surface area contributed by atoms with Gasteiger partial charge < -0.3 is 15.5 Å². The van der Waals surface area contributed by atoms with Crippen LogP contribution in [-0.4, -0.2) is 28.7 Å². The summed E-state index contributed by atoms with van der Waals surface area (Å²) in [7, 11) is 0. The molecule has 0 aromatic heterocycles. The molecule has 0 radical (unpaired) electrons. The maximum absolute atomic E-state index is 9.73. The third-order valence-electron chi connectivity index (χ3n) is 2.15. The molecule has 0 aliphatic carbocycles. The van der Waals surface area contributed by atoms with Crippen molar-refractivity contribution in [2.45, 2.75) is 20.0 Å². The fraction of sp³-hybridized carbons (Fsp3) is 0.455. The molecule has 0 aliphatic heterocycles. The number of alkyl halides is 1. The Balaban J connectivity index is 2.76. The number of anilines is 1. The Morgan fingerprint density at radius 2 is 2.07 bits per heavy atom. The number of benzene rings is 1. The molecule has 3 nitrogen and oxygen atoms in total. The summed E-state index contributed by atoms with van der Waals surface area (Å²) in [5.74, 6) is 0.404. The average molecular weight is 230 g/mol. The van der Waals surface area contributed by atoms with Crippen LogP contribution in [0.2, 0.25) is 0 Å². The number of rotatable bonds is 4. The van der Waals surface area contributed by atoms with Crippen molar-refractivity contribution in [2.75, 3.05) is 17.7 Å². The van der Waals surface area contributed by atoms with Gasteiger partial charge in [0.1, 0.15) is 5.75 Å². The Kier molecular flexibility index (Phi) is 4.24. The first-order chi connectivity index (χ1) is 7.04. The van der Waals surface area contributed by atoms with E-state index < -0.39 is 6.10 Å². The minimum Gasteiger partial charge on any atom is -0.506 e. The van der Waals surface area contributed by atoms with Crippen LogP contribution in [0.4, 0.5) is 5.69 Å². The van der Waals surface area contributed by atoms with Crippen LogP contribution in [0.1, 0.15) is 11.1 Å². The van der Waals surface area contributed by atoms with Gasteiger partial charge in [-0.25, -0.2) is 0 Å². The van der Waals surface area contributed by atoms with E-state index >= 15 is 0 Å². The molecule has 0 saturated heterocycles. The van der Waals surface area contributed by atoms with E-state index in [0.29, 0.717) is 12.2 Å². The molecule has 1 rings (SSSR count). The van der Waals surface area contributed by atoms with Crippen molar-refractivity contribution in [3.8, 4) is 5.75 Å². The van der Waals surface area contributed by atoms with Crippen molar-refractivity contribution < 1.29 is 10.2 Å². The van der Waals surface area contributed by atoms with Gasteiger partial charge in [-0.3, -0.25) is 0 Å². The lowest BCUT2D eigenvalue weighted by Crippen LogP contribution is -2.20. The summed E-state index contributed by atoms with van der Waals surface area (Å²) in [6, 6.07) is 3.74. The summed E-state index contributed by atoms with van der Waals surface area (Å²) in [6.45, 7) is 4.13. The van der Waals surface area contributed by atoms with E-state index in [-0.39, 0.29) is 11.6 Å². The monoisotopic (exact) mass is 229 g/mol. The van der Waals surface area contributed by atoms with Crippen molar-refractivity contribution in [2.24, 2.45) is 0 Å². The van der Waals surface area contributed by atoms with Gasteiger partial charge in [-0.2, -0.15) is 0 Å². The van der Waals surface area contributed by atoms with Crippen LogP contribution in [0.3, 0.4) is 0 Å². The highest BCUT2D eigenvalue weighted by molar-refractivity contribution is 6.18. The highest BCUT2D eigenvalue weighted by atomic mass is 35.5. The van der Waals surface area contributed by atoms with Gasteiger partial charge in [0.25, 0.3) is 0 Å². The molecule has 3 N–H and O–H groups in total. The first kappa shape index (κ1) is 12.1. The second-order valence-corrected chi connectivity index (χ2v) is 3.98. The second kappa shape index (κ2) is 5.24. The fourth-order valence-electron chi connectivity index (χ4n) is 1.38. The van der Waals surface area contributed by atoms with E-state index in [1.807, 2.05) is 26.0 Å². The van der Waals surface area contributed by atoms with Crippen molar-refractivity contribution in [3.63, 3.8) is 0 Å². The van der Waals surface area contributed by atoms with Crippen LogP contribution < -0.4 is 5.32 Å². The number of aliphatic hydroxyl groups is 1. The molecule has 0 heterocycles. The van der Waals surface area contributed by atoms with Gasteiger partial charge in [0.15, 0.2) is 0 Å². The number of hydrogen-bond donors (Lipinski definition) is 3. The van der Waals surface area contributed by atoms with Crippen LogP contribution in [0.25, 0.3) is 0 Å². The zero-order valence-corrected chi connectivity index (χ0v) is 9.67. The van der Waals surface area contributed by atoms with Crippen LogP contribution in [0, 0.1) is 13.8 Å². The molecule has 1 unspecified atom stereocenters. The summed E-state index contributed by atoms with van der Waals surface area (Å²) in [4.78, 5) is 0. The van der Waals surface area contributed by atoms with E-state index in [1.54, 1.807) is 0 Å². The normalized spacial score (nSPS) is 12.5. The maximum atomic E-state index is 9.73. The van der Waals surface area contributed by atoms with Gasteiger partial charge in [0.2, 0.25) is 0 Å². The third-order valence-corrected chi connectivity index (χ3v) is 2.51. The zero-order valence-electron chi connectivity index (χ0n) is 8.92. The Morgan fingerprint density at radius 1 is 1.40 bits per heavy atom. The molecule has 0 saturated carbocycles. The molecular weight excluding hydrogens is 214 g/mol. The van der Waals surface area contributed by atoms with E-state index in [1.165, 1.54) is 0 Å². The van der Waals surface area contributed by atoms with Crippen molar-refractivity contribution in [1.29, 1.82) is 0 Å². The molecule has 0 amide bonds. The van der Waals surface area contributed by atoms with Gasteiger partial charge in [0.05, 0.1) is 17.7 Å². The molecule has 1 aromatic carbocycles. The first-order valence-corrected chi connectivity index (χ1v) is 5.36. The summed E-state index contributed by atoms with van der Waals surface area (Å²) in [6.07, 6.45) is -0.605. The van der Waals surface area contributed by atoms with Crippen LogP contribution >= 0.6 is 11.6 Å². The predicted molar refractivity (Wildman–Crippen MR) is 62.8 cm³/mol. The molecule has 1 aromatic rings. The lowest BCUT2D eigenvalue weighted by molar-refractivity contribution is 0.211. The summed E-state index contributed by atoms with van der Waals surface area (Å²) < 4.78 is 0. The molecule has 0 spiro atoms. The van der Waals surface area contributed by atoms with Crippen molar-refractivity contribution in [3.05, 3.63) is 23.3 Å². The first-order valence-electron chi connectivity index (χ1n) is 4.82. The highest BCUT2D eigenvalue weighted by Crippen LogP contribution is 2.28. The van der Waals surface area contributed by atoms with Crippen LogP contribution in [-0.2, 0) is 0 Å². The molecule has 4 heteroatoms. The van der Waals surface area contributed by atoms with Gasteiger partial charge >= 0.3 is 0 Å². The number of aryl methyl sites for hydroxylation is 2. The van der Waals surface area contributed by atoms with Crippen molar-refractivity contribution in [1.82, 2.24) is 0 Å². The molecule has 1 atom stereocenters. The summed E-state index contributed by atoms with van der Waals surface area (Å²) in [5, 5.41) is 22.0. The number of nitrogens with one attached hydrogen (secondary N) is 1. The Morgan fingerprint density at radius 3 is 2.67 bits per heavy atom. The van der Waals surface area contributed by atoms with Gasteiger partial charge in [-0.15, -0.1) is 11.6 Å². The Labute approximate surface area is 94.7 Å². The van der Waals surface area contributed by atoms with Crippen molar-refractivity contribution >= 4 is 17.3 Å². The van der Waals surface area contributed by atoms with E-state index in [9.17, 15) is 10.2 Å². The lowest BCUT2D eigenvalue weighted by atomic mass is 10.1. The quantitative estimate of drug-likeness (QED) is 0.547. The number of phenols is 1. The number of phenolic OH excluding ortho intramolecular Hbond substituents is 1. The van der Waals surface area contributed by atoms with Gasteiger partial charge in [-0.05, 0) is 31.0 Å². The fourth-order valence-corrected chi connectivity index (χ4v) is 1.49. The molecular formula is C11H16ClNO2. The smallest absolute Gasteiger partial charge is 0.141 e. The molecule has 0 aliphatic rings. The predicted octanol–water partition coefficient (Wildman–Crippen LogP) is 2.02. The van der Waals surface area contributed by atoms with Crippen LogP contribution in [0.5, 0.6) is 5.75 Å². The van der Waals surface area contributed by atoms with E-state index in [0.717, 1.165) is 11.1 Å². The molecule has 84 valence electrons. The second-order valence-electron chi connectivity index (χ2n) is 3.67. The van der Waals surface area contributed by atoms with Gasteiger partial charge in [0, 0.05) is 6.54 Å². The minimum absolute atomic E-state index is 0.179. The Hall–Kier alpha value is -0.930. The largest absolute Gasteiger partial charge is 0.506 e. The molecule has 0 fully saturated rings. The van der Waals surface area contributed by atoms with Gasteiger partial charge in [-0.1, -0.05) is 6.07 Å². The Bertz CT molecular complexity index is 342. The SMILES string of the molecule is Cc1cc(C)c(O)c(NCC(O)CCl)c1. The maximum Gasteiger partial charge on any atom is 0.141 e. The summed E-state index contributed by atoms with van der Waals surface area (Å²) in [5.41, 5.74) is 2.52. The van der Waals surface area contributed by atoms with Crippen LogP contribution in [0.15, 0.2) is 12.1 Å². The number of halogens is 1. The van der Waals surface area contributed by atoms with E-state index in [2.05, 4.69) is 5.32 Å². The topological polar surface area (TPSA) is 52.5 Å². The standard InChI is InChI=1S/C11H16ClNO2/c1-7-3-8(2)11(15)10(4-7)13-6-9(14)5-12/h3-4,9,13-15H,5-6H2,1-2H3. The molecule has 0 bridgehead atoms. The zero-order chi connectivity index (χ0) is 11.4. The third kappa shape index (κ3) is 3.29. The lowest BCUT2D eigenvalue weighted by Gasteiger charge is -2.13. The summed E-state index contributed by atoms with van der Waals surface area (Å²) >= 11 is 5.47. The number of aromatic hydroxyl groups is 1. The van der Waals surface area contributed by atoms with E-state index in [4.69, 9.17) is 11.6 Å². The molecule has 15 heavy (non-hydrogen) atoms. The number of hydrogen-bond acceptors (Lipinski definition) is 3. The average Bonchev–Trinajstić information content (AvgIpc) is 2.20. The minimum atomic E-state index is -0.605.